The van der Waals surface area contributed by atoms with E-state index in [0.29, 0.717) is 12.1 Å². The molecule has 0 unspecified atom stereocenters. The van der Waals surface area contributed by atoms with E-state index in [9.17, 15) is 4.79 Å². The first-order chi connectivity index (χ1) is 9.93. The summed E-state index contributed by atoms with van der Waals surface area (Å²) in [6.45, 7) is 6.16. The Balaban J connectivity index is 2.13. The molecule has 1 aromatic carbocycles. The van der Waals surface area contributed by atoms with Gasteiger partial charge in [-0.1, -0.05) is 17.7 Å². The summed E-state index contributed by atoms with van der Waals surface area (Å²) in [4.78, 5) is 14.8. The lowest BCUT2D eigenvalue weighted by Gasteiger charge is -2.35. The quantitative estimate of drug-likeness (QED) is 0.926. The molecule has 1 fully saturated rings. The number of amides is 1. The van der Waals surface area contributed by atoms with Crippen LogP contribution in [0.1, 0.15) is 52.7 Å². The number of carbonyl (C=O) groups excluding carboxylic acids is 1. The molecule has 1 amide bonds. The van der Waals surface area contributed by atoms with Crippen LogP contribution in [0.2, 0.25) is 0 Å². The zero-order valence-electron chi connectivity index (χ0n) is 14.0. The second-order valence-corrected chi connectivity index (χ2v) is 6.48. The van der Waals surface area contributed by atoms with E-state index in [0.717, 1.165) is 42.4 Å². The van der Waals surface area contributed by atoms with Crippen LogP contribution >= 0.6 is 0 Å². The lowest BCUT2D eigenvalue weighted by Crippen LogP contribution is -2.42. The van der Waals surface area contributed by atoms with Crippen molar-refractivity contribution < 1.29 is 4.79 Å². The van der Waals surface area contributed by atoms with Crippen molar-refractivity contribution in [2.24, 2.45) is 0 Å². The van der Waals surface area contributed by atoms with Crippen molar-refractivity contribution in [1.29, 1.82) is 0 Å². The molecule has 0 atom stereocenters. The minimum atomic E-state index is 0.179. The van der Waals surface area contributed by atoms with Gasteiger partial charge in [-0.05, 0) is 64.6 Å². The lowest BCUT2D eigenvalue weighted by molar-refractivity contribution is 0.0684. The second kappa shape index (κ2) is 6.61. The van der Waals surface area contributed by atoms with Gasteiger partial charge in [-0.3, -0.25) is 4.79 Å². The molecule has 0 radical (unpaired) electrons. The predicted octanol–water partition coefficient (Wildman–Crippen LogP) is 3.21. The molecule has 116 valence electrons. The molecule has 3 nitrogen and oxygen atoms in total. The Morgan fingerprint density at radius 1 is 1.10 bits per heavy atom. The summed E-state index contributed by atoms with van der Waals surface area (Å²) in [5, 5.41) is 3.35. The van der Waals surface area contributed by atoms with E-state index < -0.39 is 0 Å². The van der Waals surface area contributed by atoms with Gasteiger partial charge >= 0.3 is 0 Å². The molecule has 1 aromatic rings. The van der Waals surface area contributed by atoms with Crippen LogP contribution in [-0.2, 0) is 0 Å². The summed E-state index contributed by atoms with van der Waals surface area (Å²) < 4.78 is 0. The summed E-state index contributed by atoms with van der Waals surface area (Å²) >= 11 is 0. The SMILES string of the molecule is CNC1CCC(N(C)C(=O)c2c(C)cc(C)cc2C)CC1. The van der Waals surface area contributed by atoms with E-state index in [1.165, 1.54) is 5.56 Å². The van der Waals surface area contributed by atoms with E-state index in [1.54, 1.807) is 0 Å². The number of benzene rings is 1. The third kappa shape index (κ3) is 3.46. The Bertz CT molecular complexity index is 493. The number of rotatable bonds is 3. The van der Waals surface area contributed by atoms with Gasteiger partial charge in [0.2, 0.25) is 0 Å². The van der Waals surface area contributed by atoms with Crippen LogP contribution in [0.15, 0.2) is 12.1 Å². The topological polar surface area (TPSA) is 32.3 Å². The smallest absolute Gasteiger partial charge is 0.254 e. The van der Waals surface area contributed by atoms with Gasteiger partial charge in [-0.15, -0.1) is 0 Å². The molecule has 0 bridgehead atoms. The summed E-state index contributed by atoms with van der Waals surface area (Å²) in [7, 11) is 3.99. The third-order valence-electron chi connectivity index (χ3n) is 4.86. The van der Waals surface area contributed by atoms with E-state index in [1.807, 2.05) is 32.8 Å². The Kier molecular flexibility index (Phi) is 5.04. The normalized spacial score (nSPS) is 22.1. The highest BCUT2D eigenvalue weighted by Crippen LogP contribution is 2.25. The average Bonchev–Trinajstić information content (AvgIpc) is 2.45. The summed E-state index contributed by atoms with van der Waals surface area (Å²) in [6.07, 6.45) is 4.50. The summed E-state index contributed by atoms with van der Waals surface area (Å²) in [5.74, 6) is 0.179. The minimum Gasteiger partial charge on any atom is -0.339 e. The fraction of sp³-hybridized carbons (Fsp3) is 0.611. The van der Waals surface area contributed by atoms with Crippen molar-refractivity contribution in [3.63, 3.8) is 0 Å². The molecule has 2 rings (SSSR count). The van der Waals surface area contributed by atoms with Gasteiger partial charge in [0.1, 0.15) is 0 Å². The molecule has 1 aliphatic rings. The van der Waals surface area contributed by atoms with Gasteiger partial charge in [0, 0.05) is 24.7 Å². The van der Waals surface area contributed by atoms with Crippen LogP contribution in [0.3, 0.4) is 0 Å². The lowest BCUT2D eigenvalue weighted by atomic mass is 9.89. The fourth-order valence-electron chi connectivity index (χ4n) is 3.61. The van der Waals surface area contributed by atoms with Gasteiger partial charge in [-0.2, -0.15) is 0 Å². The first-order valence-corrected chi connectivity index (χ1v) is 7.96. The van der Waals surface area contributed by atoms with Gasteiger partial charge in [0.25, 0.3) is 5.91 Å². The zero-order chi connectivity index (χ0) is 15.6. The Labute approximate surface area is 128 Å². The van der Waals surface area contributed by atoms with Crippen molar-refractivity contribution in [3.8, 4) is 0 Å². The molecule has 0 aliphatic heterocycles. The standard InChI is InChI=1S/C18H28N2O/c1-12-10-13(2)17(14(3)11-12)18(21)20(5)16-8-6-15(19-4)7-9-16/h10-11,15-16,19H,6-9H2,1-5H3. The molecular weight excluding hydrogens is 260 g/mol. The van der Waals surface area contributed by atoms with E-state index in [4.69, 9.17) is 0 Å². The Morgan fingerprint density at radius 2 is 1.62 bits per heavy atom. The highest BCUT2D eigenvalue weighted by atomic mass is 16.2. The van der Waals surface area contributed by atoms with Crippen molar-refractivity contribution in [2.45, 2.75) is 58.5 Å². The van der Waals surface area contributed by atoms with Crippen LogP contribution < -0.4 is 5.32 Å². The largest absolute Gasteiger partial charge is 0.339 e. The first kappa shape index (κ1) is 16.0. The zero-order valence-corrected chi connectivity index (χ0v) is 14.0. The number of hydrogen-bond donors (Lipinski definition) is 1. The highest BCUT2D eigenvalue weighted by Gasteiger charge is 2.27. The number of carbonyl (C=O) groups is 1. The van der Waals surface area contributed by atoms with Gasteiger partial charge in [0.05, 0.1) is 0 Å². The van der Waals surface area contributed by atoms with Crippen LogP contribution in [0, 0.1) is 20.8 Å². The third-order valence-corrected chi connectivity index (χ3v) is 4.86. The molecule has 1 saturated carbocycles. The van der Waals surface area contributed by atoms with Crippen molar-refractivity contribution in [3.05, 3.63) is 34.4 Å². The van der Waals surface area contributed by atoms with E-state index >= 15 is 0 Å². The highest BCUT2D eigenvalue weighted by molar-refractivity contribution is 5.97. The van der Waals surface area contributed by atoms with Crippen molar-refractivity contribution >= 4 is 5.91 Å². The molecule has 0 heterocycles. The molecule has 0 aromatic heterocycles. The van der Waals surface area contributed by atoms with E-state index in [-0.39, 0.29) is 5.91 Å². The van der Waals surface area contributed by atoms with Crippen LogP contribution in [0.4, 0.5) is 0 Å². The van der Waals surface area contributed by atoms with Crippen LogP contribution in [0.25, 0.3) is 0 Å². The summed E-state index contributed by atoms with van der Waals surface area (Å²) in [6, 6.07) is 5.20. The summed E-state index contributed by atoms with van der Waals surface area (Å²) in [5.41, 5.74) is 4.29. The maximum absolute atomic E-state index is 12.9. The van der Waals surface area contributed by atoms with Crippen LogP contribution in [0.5, 0.6) is 0 Å². The van der Waals surface area contributed by atoms with Crippen LogP contribution in [-0.4, -0.2) is 37.0 Å². The maximum atomic E-state index is 12.9. The molecule has 3 heteroatoms. The van der Waals surface area contributed by atoms with Gasteiger partial charge in [-0.25, -0.2) is 0 Å². The van der Waals surface area contributed by atoms with Gasteiger partial charge in [0.15, 0.2) is 0 Å². The maximum Gasteiger partial charge on any atom is 0.254 e. The average molecular weight is 288 g/mol. The second-order valence-electron chi connectivity index (χ2n) is 6.48. The number of hydrogen-bond acceptors (Lipinski definition) is 2. The van der Waals surface area contributed by atoms with Gasteiger partial charge < -0.3 is 10.2 Å². The Morgan fingerprint density at radius 3 is 2.10 bits per heavy atom. The first-order valence-electron chi connectivity index (χ1n) is 7.96. The monoisotopic (exact) mass is 288 g/mol. The Hall–Kier alpha value is -1.35. The minimum absolute atomic E-state index is 0.179. The number of nitrogens with zero attached hydrogens (tertiary/aromatic N) is 1. The fourth-order valence-corrected chi connectivity index (χ4v) is 3.61. The predicted molar refractivity (Wildman–Crippen MR) is 87.9 cm³/mol. The molecule has 0 saturated heterocycles. The number of aryl methyl sites for hydroxylation is 3. The molecule has 1 aliphatic carbocycles. The van der Waals surface area contributed by atoms with Crippen molar-refractivity contribution in [1.82, 2.24) is 10.2 Å². The van der Waals surface area contributed by atoms with Crippen molar-refractivity contribution in [2.75, 3.05) is 14.1 Å². The molecular formula is C18H28N2O. The molecule has 0 spiro atoms. The molecule has 21 heavy (non-hydrogen) atoms. The number of nitrogens with one attached hydrogen (secondary N) is 1. The molecule has 1 N–H and O–H groups in total. The van der Waals surface area contributed by atoms with E-state index in [2.05, 4.69) is 24.4 Å².